The summed E-state index contributed by atoms with van der Waals surface area (Å²) in [6, 6.07) is 6.30. The molecule has 0 spiro atoms. The number of allylic oxidation sites excluding steroid dienone is 1. The predicted octanol–water partition coefficient (Wildman–Crippen LogP) is 4.35. The van der Waals surface area contributed by atoms with Crippen molar-refractivity contribution in [3.63, 3.8) is 0 Å². The Labute approximate surface area is 130 Å². The molecule has 0 unspecified atom stereocenters. The summed E-state index contributed by atoms with van der Waals surface area (Å²) in [4.78, 5) is 4.29. The zero-order chi connectivity index (χ0) is 15.9. The molecule has 0 atom stereocenters. The van der Waals surface area contributed by atoms with E-state index < -0.39 is 0 Å². The van der Waals surface area contributed by atoms with Crippen LogP contribution in [-0.4, -0.2) is 21.2 Å². The molecule has 0 radical (unpaired) electrons. The lowest BCUT2D eigenvalue weighted by Crippen LogP contribution is -2.04. The molecule has 1 aromatic carbocycles. The van der Waals surface area contributed by atoms with Crippen molar-refractivity contribution in [2.75, 3.05) is 0 Å². The van der Waals surface area contributed by atoms with Crippen molar-refractivity contribution in [2.45, 2.75) is 39.7 Å². The molecule has 0 saturated heterocycles. The maximum Gasteiger partial charge on any atom is 0.210 e. The third-order valence-corrected chi connectivity index (χ3v) is 4.05. The zero-order valence-corrected chi connectivity index (χ0v) is 14.8. The summed E-state index contributed by atoms with van der Waals surface area (Å²) in [5.41, 5.74) is 3.43. The standard InChI is InChI=1S/C18H25NOSi/c1-7-8-16-10-9-14(2)17(11-16)12-19-15(3)20-13-21-18(4,5)6/h7-13,21H,3H2,1-2,4-6H3. The third kappa shape index (κ3) is 7.00. The van der Waals surface area contributed by atoms with Gasteiger partial charge < -0.3 is 4.74 Å². The minimum atomic E-state index is 0.112. The highest BCUT2D eigenvalue weighted by molar-refractivity contribution is 6.48. The van der Waals surface area contributed by atoms with Crippen molar-refractivity contribution in [2.24, 2.45) is 4.99 Å². The molecule has 0 bridgehead atoms. The van der Waals surface area contributed by atoms with Gasteiger partial charge in [-0.15, -0.1) is 0 Å². The number of rotatable bonds is 5. The normalized spacial score (nSPS) is 12.6. The van der Waals surface area contributed by atoms with Gasteiger partial charge in [-0.2, -0.15) is 0 Å². The quantitative estimate of drug-likeness (QED) is 0.450. The van der Waals surface area contributed by atoms with Crippen LogP contribution < -0.4 is 0 Å². The van der Waals surface area contributed by atoms with Gasteiger partial charge in [0.25, 0.3) is 0 Å². The van der Waals surface area contributed by atoms with E-state index in [-0.39, 0.29) is 9.13 Å². The SMILES string of the molecule is C=C(N=Cc1cc(C=CC)ccc1C)OC=[SiH]C(C)(C)C. The zero-order valence-electron chi connectivity index (χ0n) is 13.7. The Hall–Kier alpha value is -1.74. The van der Waals surface area contributed by atoms with Crippen LogP contribution in [0.4, 0.5) is 0 Å². The van der Waals surface area contributed by atoms with Crippen LogP contribution in [0.15, 0.2) is 41.7 Å². The van der Waals surface area contributed by atoms with Gasteiger partial charge in [-0.05, 0) is 48.2 Å². The molecule has 0 N–H and O–H groups in total. The lowest BCUT2D eigenvalue weighted by Gasteiger charge is -2.10. The van der Waals surface area contributed by atoms with Gasteiger partial charge >= 0.3 is 0 Å². The number of hydrogen-bond acceptors (Lipinski definition) is 2. The maximum absolute atomic E-state index is 5.46. The molecule has 0 aliphatic heterocycles. The van der Waals surface area contributed by atoms with Crippen LogP contribution in [0.25, 0.3) is 6.08 Å². The average Bonchev–Trinajstić information content (AvgIpc) is 2.38. The van der Waals surface area contributed by atoms with Crippen molar-refractivity contribution in [3.05, 3.63) is 53.4 Å². The third-order valence-electron chi connectivity index (χ3n) is 2.78. The van der Waals surface area contributed by atoms with Crippen LogP contribution in [0.3, 0.4) is 0 Å². The van der Waals surface area contributed by atoms with Crippen molar-refractivity contribution in [1.82, 2.24) is 0 Å². The van der Waals surface area contributed by atoms with Gasteiger partial charge in [-0.25, -0.2) is 4.99 Å². The first-order chi connectivity index (χ1) is 9.81. The van der Waals surface area contributed by atoms with Crippen molar-refractivity contribution in [3.8, 4) is 0 Å². The van der Waals surface area contributed by atoms with Crippen molar-refractivity contribution in [1.29, 1.82) is 0 Å². The summed E-state index contributed by atoms with van der Waals surface area (Å²) in [5, 5.41) is 0.293. The number of hydrogen-bond donors (Lipinski definition) is 0. The maximum atomic E-state index is 5.46. The minimum absolute atomic E-state index is 0.112. The van der Waals surface area contributed by atoms with Gasteiger partial charge in [0.05, 0.1) is 5.86 Å². The van der Waals surface area contributed by atoms with Gasteiger partial charge in [0.15, 0.2) is 0 Å². The number of ether oxygens (including phenoxy) is 1. The van der Waals surface area contributed by atoms with E-state index in [4.69, 9.17) is 4.74 Å². The monoisotopic (exact) mass is 299 g/mol. The molecule has 2 nitrogen and oxygen atoms in total. The molecule has 1 aromatic rings. The van der Waals surface area contributed by atoms with Crippen molar-refractivity contribution >= 4 is 27.3 Å². The summed E-state index contributed by atoms with van der Waals surface area (Å²) < 4.78 is 5.46. The van der Waals surface area contributed by atoms with Crippen LogP contribution in [0, 0.1) is 6.92 Å². The van der Waals surface area contributed by atoms with Gasteiger partial charge in [-0.3, -0.25) is 0 Å². The second-order valence-electron chi connectivity index (χ2n) is 6.05. The lowest BCUT2D eigenvalue weighted by molar-refractivity contribution is 0.440. The molecular formula is C18H25NOSi. The van der Waals surface area contributed by atoms with E-state index in [1.807, 2.05) is 25.1 Å². The molecule has 0 aliphatic carbocycles. The highest BCUT2D eigenvalue weighted by Crippen LogP contribution is 2.16. The summed E-state index contributed by atoms with van der Waals surface area (Å²) in [5.74, 6) is 2.28. The van der Waals surface area contributed by atoms with Gasteiger partial charge in [0.2, 0.25) is 5.88 Å². The summed E-state index contributed by atoms with van der Waals surface area (Å²) in [6.45, 7) is 14.5. The molecule has 0 heterocycles. The van der Waals surface area contributed by atoms with E-state index in [2.05, 4.69) is 63.5 Å². The molecule has 3 heteroatoms. The Morgan fingerprint density at radius 2 is 2.05 bits per heavy atom. The first-order valence-electron chi connectivity index (χ1n) is 7.12. The summed E-state index contributed by atoms with van der Waals surface area (Å²) in [7, 11) is 0.112. The molecule has 112 valence electrons. The van der Waals surface area contributed by atoms with Crippen LogP contribution >= 0.6 is 0 Å². The van der Waals surface area contributed by atoms with E-state index in [1.54, 1.807) is 0 Å². The number of aryl methyl sites for hydroxylation is 1. The molecule has 0 fully saturated rings. The lowest BCUT2D eigenvalue weighted by atomic mass is 10.1. The average molecular weight is 299 g/mol. The molecule has 0 aromatic heterocycles. The Balaban J connectivity index is 2.74. The molecule has 1 rings (SSSR count). The molecular weight excluding hydrogens is 274 g/mol. The van der Waals surface area contributed by atoms with E-state index >= 15 is 0 Å². The van der Waals surface area contributed by atoms with Crippen LogP contribution in [0.1, 0.15) is 44.4 Å². The Kier molecular flexibility index (Phi) is 6.50. The number of benzene rings is 1. The summed E-state index contributed by atoms with van der Waals surface area (Å²) >= 11 is 0. The Bertz CT molecular complexity index is 577. The second kappa shape index (κ2) is 7.89. The van der Waals surface area contributed by atoms with E-state index in [9.17, 15) is 0 Å². The molecule has 21 heavy (non-hydrogen) atoms. The molecule has 0 saturated carbocycles. The smallest absolute Gasteiger partial charge is 0.210 e. The Morgan fingerprint density at radius 3 is 2.67 bits per heavy atom. The van der Waals surface area contributed by atoms with E-state index in [0.717, 1.165) is 5.56 Å². The number of aliphatic imine (C=N–C) groups is 1. The predicted molar refractivity (Wildman–Crippen MR) is 96.6 cm³/mol. The van der Waals surface area contributed by atoms with Gasteiger partial charge in [0, 0.05) is 15.3 Å². The highest BCUT2D eigenvalue weighted by atomic mass is 28.2. The molecule has 0 amide bonds. The Morgan fingerprint density at radius 1 is 1.33 bits per heavy atom. The van der Waals surface area contributed by atoms with Crippen LogP contribution in [-0.2, 0) is 4.74 Å². The van der Waals surface area contributed by atoms with Gasteiger partial charge in [0.1, 0.15) is 0 Å². The fourth-order valence-electron chi connectivity index (χ4n) is 1.58. The number of nitrogens with zero attached hydrogens (tertiary/aromatic N) is 1. The van der Waals surface area contributed by atoms with Crippen LogP contribution in [0.5, 0.6) is 0 Å². The largest absolute Gasteiger partial charge is 0.453 e. The topological polar surface area (TPSA) is 21.6 Å². The fourth-order valence-corrected chi connectivity index (χ4v) is 2.22. The van der Waals surface area contributed by atoms with Crippen LogP contribution in [0.2, 0.25) is 5.04 Å². The minimum Gasteiger partial charge on any atom is -0.453 e. The van der Waals surface area contributed by atoms with E-state index in [0.29, 0.717) is 10.9 Å². The fraction of sp³-hybridized carbons (Fsp3) is 0.333. The second-order valence-corrected chi connectivity index (χ2v) is 8.39. The highest BCUT2D eigenvalue weighted by Gasteiger charge is 2.04. The molecule has 0 aliphatic rings. The first-order valence-corrected chi connectivity index (χ1v) is 8.37. The first kappa shape index (κ1) is 17.3. The van der Waals surface area contributed by atoms with Crippen molar-refractivity contribution < 1.29 is 4.74 Å². The summed E-state index contributed by atoms with van der Waals surface area (Å²) in [6.07, 6.45) is 5.91. The van der Waals surface area contributed by atoms with E-state index in [1.165, 1.54) is 11.1 Å². The van der Waals surface area contributed by atoms with Gasteiger partial charge in [-0.1, -0.05) is 45.1 Å².